The van der Waals surface area contributed by atoms with Crippen molar-refractivity contribution >= 4 is 98.2 Å². The fourth-order valence-electron chi connectivity index (χ4n) is 6.15. The predicted molar refractivity (Wildman–Crippen MR) is 245 cm³/mol. The van der Waals surface area contributed by atoms with Crippen LogP contribution in [0.1, 0.15) is 21.5 Å². The summed E-state index contributed by atoms with van der Waals surface area (Å²) in [5, 5.41) is 66.1. The van der Waals surface area contributed by atoms with E-state index in [0.717, 1.165) is 36.4 Å². The van der Waals surface area contributed by atoms with Gasteiger partial charge in [0.05, 0.1) is 38.2 Å². The van der Waals surface area contributed by atoms with Crippen molar-refractivity contribution in [1.29, 1.82) is 0 Å². The summed E-state index contributed by atoms with van der Waals surface area (Å²) in [6.45, 7) is 3.54. The number of azo groups is 4. The molecule has 0 aliphatic carbocycles. The third-order valence-corrected chi connectivity index (χ3v) is 12.2. The average molecular weight is 1110 g/mol. The molecule has 7 N–H and O–H groups in total. The number of fused-ring (bicyclic) bond motifs is 1. The van der Waals surface area contributed by atoms with Gasteiger partial charge in [-0.25, -0.2) is 0 Å². The van der Waals surface area contributed by atoms with Crippen LogP contribution in [-0.4, -0.2) is 60.1 Å². The molecule has 0 heterocycles. The van der Waals surface area contributed by atoms with Gasteiger partial charge in [-0.1, -0.05) is 6.07 Å². The van der Waals surface area contributed by atoms with Crippen molar-refractivity contribution in [1.82, 2.24) is 0 Å². The number of benzene rings is 7. The van der Waals surface area contributed by atoms with Gasteiger partial charge < -0.3 is 20.6 Å². The van der Waals surface area contributed by atoms with Crippen LogP contribution in [0.3, 0.4) is 0 Å². The topological polar surface area (TPSA) is 352 Å². The van der Waals surface area contributed by atoms with E-state index >= 15 is 0 Å². The Kier molecular flexibility index (Phi) is 21.8. The first-order chi connectivity index (χ1) is 32.0. The fourth-order valence-corrected chi connectivity index (χ4v) is 8.00. The monoisotopic (exact) mass is 1110 g/mol. The number of phenolic OH excluding ortho intramolecular Hbond substituents is 3. The summed E-state index contributed by atoms with van der Waals surface area (Å²) in [7, 11) is -14.3. The summed E-state index contributed by atoms with van der Waals surface area (Å²) in [6, 6.07) is 26.6. The summed E-state index contributed by atoms with van der Waals surface area (Å²) in [6.07, 6.45) is 0. The van der Waals surface area contributed by atoms with Crippen LogP contribution in [0.4, 0.5) is 51.2 Å². The van der Waals surface area contributed by atoms with E-state index < -0.39 is 68.2 Å². The normalized spacial score (nSPS) is 11.8. The van der Waals surface area contributed by atoms with Crippen molar-refractivity contribution < 1.29 is 165 Å². The largest absolute Gasteiger partial charge is 1.00 e. The quantitative estimate of drug-likeness (QED) is 0.0496. The van der Waals surface area contributed by atoms with Crippen molar-refractivity contribution in [3.05, 3.63) is 138 Å². The second-order valence-corrected chi connectivity index (χ2v) is 18.7. The number of hydrogen-bond donors (Lipinski definition) is 7. The van der Waals surface area contributed by atoms with Gasteiger partial charge in [0.15, 0.2) is 0 Å². The molecule has 0 fully saturated rings. The Hall–Kier alpha value is -4.68. The van der Waals surface area contributed by atoms with Crippen molar-refractivity contribution in [2.24, 2.45) is 40.9 Å². The Morgan fingerprint density at radius 3 is 1.49 bits per heavy atom. The van der Waals surface area contributed by atoms with Gasteiger partial charge in [-0.05, 0) is 133 Å². The molecular weight excluding hydrogens is 1080 g/mol. The van der Waals surface area contributed by atoms with Gasteiger partial charge in [-0.3, -0.25) is 18.5 Å². The Morgan fingerprint density at radius 1 is 0.444 bits per heavy atom. The maximum atomic E-state index is 13.1. The molecule has 0 bridgehead atoms. The number of nitrogens with one attached hydrogen (secondary N) is 1. The molecule has 0 saturated heterocycles. The number of carbonyl (C=O) groups is 1. The van der Waals surface area contributed by atoms with Crippen LogP contribution in [0, 0.1) is 13.8 Å². The molecule has 0 atom stereocenters. The number of rotatable bonds is 13. The molecule has 0 saturated carbocycles. The van der Waals surface area contributed by atoms with Crippen LogP contribution in [0.2, 0.25) is 0 Å². The van der Waals surface area contributed by atoms with Gasteiger partial charge in [0.2, 0.25) is 0 Å². The molecule has 0 aromatic heterocycles. The maximum absolute atomic E-state index is 13.1. The standard InChI is InChI=1S/C43H33N9O13S3.Cu.3Na/c1-23-15-28(44-43(56)25-3-6-27(7-4-25)45-50-37-21-38(41(55)22-40(37)54)52-51-36-19-31(66(57,58)59)11-14-39(36)53)9-12-34(23)48-46-29-10-13-35(24(2)16-29)49-47-30-8-5-26-17-32(67(60,61)62)20-42(33(26)18-30)68(63,64)65;;;;/h3-22,53-55H,1-2H3,(H,44,56)(H,57,58,59)(H,60,61,62)(H,63,64,65);;;;/q;;3*+1. The van der Waals surface area contributed by atoms with Crippen molar-refractivity contribution in [3.63, 3.8) is 0 Å². The first kappa shape index (κ1) is 61.6. The first-order valence-electron chi connectivity index (χ1n) is 19.2. The molecule has 357 valence electrons. The van der Waals surface area contributed by atoms with E-state index in [2.05, 4.69) is 46.2 Å². The minimum Gasteiger partial charge on any atom is -0.506 e. The number of aromatic hydroxyl groups is 3. The molecule has 7 aromatic rings. The number of aryl methyl sites for hydroxylation is 2. The van der Waals surface area contributed by atoms with Crippen molar-refractivity contribution in [2.45, 2.75) is 28.5 Å². The molecule has 22 nitrogen and oxygen atoms in total. The summed E-state index contributed by atoms with van der Waals surface area (Å²) < 4.78 is 98.8. The Labute approximate surface area is 487 Å². The Balaban J connectivity index is 0.00000342. The minimum atomic E-state index is -4.89. The number of anilines is 1. The number of hydrogen-bond acceptors (Lipinski definition) is 18. The minimum absolute atomic E-state index is 0. The van der Waals surface area contributed by atoms with Gasteiger partial charge >= 0.3 is 88.7 Å². The Morgan fingerprint density at radius 2 is 0.931 bits per heavy atom. The van der Waals surface area contributed by atoms with Gasteiger partial charge in [0.1, 0.15) is 39.2 Å². The van der Waals surface area contributed by atoms with Gasteiger partial charge in [0.25, 0.3) is 36.3 Å². The molecule has 7 rings (SSSR count). The molecule has 0 aliphatic heterocycles. The van der Waals surface area contributed by atoms with E-state index in [0.29, 0.717) is 39.9 Å². The molecule has 29 heteroatoms. The van der Waals surface area contributed by atoms with E-state index in [9.17, 15) is 59.0 Å². The van der Waals surface area contributed by atoms with E-state index in [4.69, 9.17) is 0 Å². The second kappa shape index (κ2) is 25.5. The summed E-state index contributed by atoms with van der Waals surface area (Å²) >= 11 is 0. The third kappa shape index (κ3) is 15.7. The van der Waals surface area contributed by atoms with E-state index in [1.807, 2.05) is 0 Å². The third-order valence-electron chi connectivity index (χ3n) is 9.62. The molecule has 0 unspecified atom stereocenters. The number of phenols is 3. The summed E-state index contributed by atoms with van der Waals surface area (Å²) in [5.74, 6) is -1.91. The van der Waals surface area contributed by atoms with Crippen LogP contribution >= 0.6 is 0 Å². The number of carbonyl (C=O) groups excluding carboxylic acids is 1. The smallest absolute Gasteiger partial charge is 0.506 e. The zero-order valence-electron chi connectivity index (χ0n) is 38.2. The van der Waals surface area contributed by atoms with Crippen LogP contribution in [0.15, 0.2) is 177 Å². The average Bonchev–Trinajstić information content (AvgIpc) is 3.27. The number of amides is 1. The molecular formula is C43H33CuN9Na3O13S3+3. The zero-order valence-corrected chi connectivity index (χ0v) is 47.6. The molecule has 0 spiro atoms. The van der Waals surface area contributed by atoms with E-state index in [1.165, 1.54) is 42.5 Å². The van der Waals surface area contributed by atoms with Crippen molar-refractivity contribution in [2.75, 3.05) is 5.32 Å². The zero-order chi connectivity index (χ0) is 49.1. The fraction of sp³-hybridized carbons (Fsp3) is 0.0465. The van der Waals surface area contributed by atoms with Gasteiger partial charge in [-0.15, -0.1) is 15.3 Å². The van der Waals surface area contributed by atoms with Crippen LogP contribution in [0.5, 0.6) is 17.2 Å². The SMILES string of the molecule is Cc1cc(N=Nc2ccc(NC(=O)c3ccc(N=Nc4cc(N=Nc5cc(S(=O)(=O)O)ccc5O)c(O)cc4O)cc3)cc2C)ccc1N=Nc1ccc2cc(S(=O)(=O)O)cc(S(=O)(=O)O)c2c1.[Cu].[Na+].[Na+].[Na+]. The molecule has 1 amide bonds. The maximum Gasteiger partial charge on any atom is 1.00 e. The van der Waals surface area contributed by atoms with Crippen LogP contribution in [-0.2, 0) is 47.4 Å². The van der Waals surface area contributed by atoms with Crippen molar-refractivity contribution in [3.8, 4) is 17.2 Å². The second-order valence-electron chi connectivity index (χ2n) is 14.5. The summed E-state index contributed by atoms with van der Waals surface area (Å²) in [5.41, 5.74) is 3.30. The summed E-state index contributed by atoms with van der Waals surface area (Å²) in [4.78, 5) is 11.1. The molecule has 1 radical (unpaired) electrons. The predicted octanol–water partition coefficient (Wildman–Crippen LogP) is 2.24. The van der Waals surface area contributed by atoms with Crippen LogP contribution in [0.25, 0.3) is 10.8 Å². The molecule has 72 heavy (non-hydrogen) atoms. The first-order valence-corrected chi connectivity index (χ1v) is 23.5. The van der Waals surface area contributed by atoms with Gasteiger partial charge in [0, 0.05) is 45.8 Å². The number of nitrogens with zero attached hydrogens (tertiary/aromatic N) is 8. The molecule has 0 aliphatic rings. The van der Waals surface area contributed by atoms with E-state index in [1.54, 1.807) is 50.2 Å². The van der Waals surface area contributed by atoms with E-state index in [-0.39, 0.29) is 151 Å². The Bertz CT molecular complexity index is 3690. The van der Waals surface area contributed by atoms with Crippen LogP contribution < -0.4 is 94.0 Å². The molecule has 7 aromatic carbocycles. The van der Waals surface area contributed by atoms with Gasteiger partial charge in [-0.2, -0.15) is 50.8 Å².